The summed E-state index contributed by atoms with van der Waals surface area (Å²) in [6, 6.07) is 5.22. The van der Waals surface area contributed by atoms with E-state index in [1.807, 2.05) is 20.8 Å². The number of anilines is 1. The Balaban J connectivity index is 1.97. The van der Waals surface area contributed by atoms with Crippen LogP contribution in [0.2, 0.25) is 0 Å². The van der Waals surface area contributed by atoms with Crippen molar-refractivity contribution in [2.45, 2.75) is 45.2 Å². The fourth-order valence-electron chi connectivity index (χ4n) is 4.36. The highest BCUT2D eigenvalue weighted by atomic mass is 19.4. The lowest BCUT2D eigenvalue weighted by Crippen LogP contribution is -2.41. The number of H-pyrrole nitrogens is 1. The van der Waals surface area contributed by atoms with E-state index in [4.69, 9.17) is 0 Å². The molecule has 2 N–H and O–H groups in total. The Morgan fingerprint density at radius 2 is 1.89 bits per heavy atom. The number of fused-ring (bicyclic) bond motifs is 1. The number of aromatic amines is 1. The summed E-state index contributed by atoms with van der Waals surface area (Å²) in [7, 11) is 0. The number of carbonyl (C=O) groups is 1. The first kappa shape index (κ1) is 17.8. The number of hydrogen-bond acceptors (Lipinski definition) is 3. The maximum Gasteiger partial charge on any atom is 0.416 e. The first-order chi connectivity index (χ1) is 12.5. The number of allylic oxidation sites excluding steroid dienone is 2. The molecule has 2 heterocycles. The van der Waals surface area contributed by atoms with Crippen molar-refractivity contribution < 1.29 is 18.0 Å². The smallest absolute Gasteiger partial charge is 0.343 e. The number of alkyl halides is 3. The molecule has 0 fully saturated rings. The maximum absolute atomic E-state index is 13.3. The molecule has 1 atom stereocenters. The van der Waals surface area contributed by atoms with Crippen molar-refractivity contribution in [2.24, 2.45) is 5.41 Å². The first-order valence-corrected chi connectivity index (χ1v) is 8.78. The van der Waals surface area contributed by atoms with Gasteiger partial charge >= 0.3 is 6.18 Å². The van der Waals surface area contributed by atoms with E-state index in [2.05, 4.69) is 15.5 Å². The van der Waals surface area contributed by atoms with Crippen LogP contribution in [0.1, 0.15) is 50.3 Å². The number of nitrogens with zero attached hydrogens (tertiary/aromatic N) is 1. The highest BCUT2D eigenvalue weighted by Gasteiger charge is 2.48. The van der Waals surface area contributed by atoms with Crippen LogP contribution < -0.4 is 5.32 Å². The lowest BCUT2D eigenvalue weighted by Gasteiger charge is -2.43. The van der Waals surface area contributed by atoms with E-state index in [1.165, 1.54) is 6.07 Å². The zero-order valence-electron chi connectivity index (χ0n) is 15.3. The predicted molar refractivity (Wildman–Crippen MR) is 95.2 cm³/mol. The first-order valence-electron chi connectivity index (χ1n) is 8.78. The van der Waals surface area contributed by atoms with Crippen LogP contribution >= 0.6 is 0 Å². The third-order valence-corrected chi connectivity index (χ3v) is 5.60. The molecule has 1 aromatic carbocycles. The van der Waals surface area contributed by atoms with Gasteiger partial charge in [-0.15, -0.1) is 0 Å². The van der Waals surface area contributed by atoms with E-state index in [0.29, 0.717) is 35.4 Å². The highest BCUT2D eigenvalue weighted by molar-refractivity contribution is 6.02. The van der Waals surface area contributed by atoms with Gasteiger partial charge in [0.15, 0.2) is 5.78 Å². The number of aromatic nitrogens is 2. The Morgan fingerprint density at radius 1 is 1.15 bits per heavy atom. The van der Waals surface area contributed by atoms with E-state index >= 15 is 0 Å². The molecule has 142 valence electrons. The molecule has 0 amide bonds. The van der Waals surface area contributed by atoms with Crippen LogP contribution in [0.5, 0.6) is 0 Å². The quantitative estimate of drug-likeness (QED) is 0.753. The van der Waals surface area contributed by atoms with E-state index in [0.717, 1.165) is 17.8 Å². The number of Topliss-reactive ketones (excluding diaryl/α,β-unsaturated/α-hetero) is 1. The van der Waals surface area contributed by atoms with Gasteiger partial charge in [-0.1, -0.05) is 32.0 Å². The van der Waals surface area contributed by atoms with Gasteiger partial charge in [-0.3, -0.25) is 9.89 Å². The monoisotopic (exact) mass is 375 g/mol. The van der Waals surface area contributed by atoms with Gasteiger partial charge in [0, 0.05) is 23.3 Å². The minimum absolute atomic E-state index is 0.0412. The number of nitrogens with one attached hydrogen (secondary N) is 2. The number of halogens is 3. The van der Waals surface area contributed by atoms with Gasteiger partial charge < -0.3 is 5.32 Å². The minimum atomic E-state index is -4.45. The lowest BCUT2D eigenvalue weighted by atomic mass is 9.62. The number of hydrogen-bond donors (Lipinski definition) is 2. The molecule has 1 aliphatic heterocycles. The second-order valence-electron chi connectivity index (χ2n) is 8.28. The van der Waals surface area contributed by atoms with E-state index in [1.54, 1.807) is 12.3 Å². The standard InChI is InChI=1S/C20H20F3N3O/c1-18(2)8-14-16(15(27)9-18)19(3,13-10-24-26-17(13)25-14)11-5-4-6-12(7-11)20(21,22)23/h4-7,10H,8-9H2,1-3H3,(H2,24,25,26). The molecule has 7 heteroatoms. The van der Waals surface area contributed by atoms with Crippen LogP contribution in [-0.4, -0.2) is 16.0 Å². The fraction of sp³-hybridized carbons (Fsp3) is 0.400. The number of benzene rings is 1. The molecule has 0 spiro atoms. The molecule has 0 bridgehead atoms. The Bertz CT molecular complexity index is 971. The SMILES string of the molecule is CC1(C)CC(=O)C2=C(C1)Nc1[nH]ncc1C2(C)c1cccc(C(F)(F)F)c1. The van der Waals surface area contributed by atoms with E-state index in [-0.39, 0.29) is 11.2 Å². The molecule has 1 aromatic heterocycles. The summed E-state index contributed by atoms with van der Waals surface area (Å²) in [5, 5.41) is 10.2. The fourth-order valence-corrected chi connectivity index (χ4v) is 4.36. The Kier molecular flexibility index (Phi) is 3.61. The van der Waals surface area contributed by atoms with Gasteiger partial charge in [0.2, 0.25) is 0 Å². The van der Waals surface area contributed by atoms with Gasteiger partial charge in [-0.25, -0.2) is 0 Å². The van der Waals surface area contributed by atoms with Crippen molar-refractivity contribution >= 4 is 11.6 Å². The molecule has 27 heavy (non-hydrogen) atoms. The molecule has 4 nitrogen and oxygen atoms in total. The average Bonchev–Trinajstić information content (AvgIpc) is 3.01. The normalized spacial score (nSPS) is 24.3. The van der Waals surface area contributed by atoms with Crippen molar-refractivity contribution in [1.82, 2.24) is 10.2 Å². The Labute approximate surface area is 154 Å². The van der Waals surface area contributed by atoms with Gasteiger partial charge in [-0.05, 0) is 30.4 Å². The third kappa shape index (κ3) is 2.67. The Hall–Kier alpha value is -2.57. The minimum Gasteiger partial charge on any atom is -0.343 e. The number of carbonyl (C=O) groups excluding carboxylic acids is 1. The summed E-state index contributed by atoms with van der Waals surface area (Å²) in [6.45, 7) is 5.84. The molecule has 1 unspecified atom stereocenters. The summed E-state index contributed by atoms with van der Waals surface area (Å²) in [4.78, 5) is 13.1. The molecule has 0 saturated heterocycles. The van der Waals surface area contributed by atoms with Crippen LogP contribution in [0, 0.1) is 5.41 Å². The van der Waals surface area contributed by atoms with Gasteiger partial charge in [0.1, 0.15) is 5.82 Å². The summed E-state index contributed by atoms with van der Waals surface area (Å²) in [5.41, 5.74) is 0.460. The van der Waals surface area contributed by atoms with Crippen LogP contribution in [0.25, 0.3) is 0 Å². The maximum atomic E-state index is 13.3. The third-order valence-electron chi connectivity index (χ3n) is 5.60. The topological polar surface area (TPSA) is 57.8 Å². The zero-order chi connectivity index (χ0) is 19.6. The van der Waals surface area contributed by atoms with Crippen molar-refractivity contribution in [2.75, 3.05) is 5.32 Å². The molecule has 4 rings (SSSR count). The molecule has 0 saturated carbocycles. The lowest BCUT2D eigenvalue weighted by molar-refractivity contribution is -0.137. The van der Waals surface area contributed by atoms with Crippen molar-refractivity contribution in [1.29, 1.82) is 0 Å². The van der Waals surface area contributed by atoms with Crippen molar-refractivity contribution in [3.05, 3.63) is 58.4 Å². The van der Waals surface area contributed by atoms with Crippen LogP contribution in [0.4, 0.5) is 19.0 Å². The molecular weight excluding hydrogens is 355 g/mol. The van der Waals surface area contributed by atoms with Gasteiger partial charge in [-0.2, -0.15) is 18.3 Å². The van der Waals surface area contributed by atoms with Crippen LogP contribution in [0.15, 0.2) is 41.7 Å². The highest BCUT2D eigenvalue weighted by Crippen LogP contribution is 2.52. The molecule has 2 aliphatic rings. The predicted octanol–water partition coefficient (Wildman–Crippen LogP) is 4.80. The molecule has 0 radical (unpaired) electrons. The Morgan fingerprint density at radius 3 is 2.59 bits per heavy atom. The van der Waals surface area contributed by atoms with Crippen LogP contribution in [-0.2, 0) is 16.4 Å². The summed E-state index contributed by atoms with van der Waals surface area (Å²) in [5.74, 6) is 0.583. The second kappa shape index (κ2) is 5.47. The van der Waals surface area contributed by atoms with E-state index < -0.39 is 17.2 Å². The van der Waals surface area contributed by atoms with Gasteiger partial charge in [0.25, 0.3) is 0 Å². The summed E-state index contributed by atoms with van der Waals surface area (Å²) >= 11 is 0. The summed E-state index contributed by atoms with van der Waals surface area (Å²) in [6.07, 6.45) is -1.87. The van der Waals surface area contributed by atoms with Crippen molar-refractivity contribution in [3.63, 3.8) is 0 Å². The summed E-state index contributed by atoms with van der Waals surface area (Å²) < 4.78 is 39.9. The zero-order valence-corrected chi connectivity index (χ0v) is 15.3. The van der Waals surface area contributed by atoms with Crippen LogP contribution in [0.3, 0.4) is 0 Å². The number of ketones is 1. The van der Waals surface area contributed by atoms with Gasteiger partial charge in [0.05, 0.1) is 17.2 Å². The molecule has 1 aliphatic carbocycles. The average molecular weight is 375 g/mol. The second-order valence-corrected chi connectivity index (χ2v) is 8.28. The number of rotatable bonds is 1. The van der Waals surface area contributed by atoms with Crippen molar-refractivity contribution in [3.8, 4) is 0 Å². The molecule has 2 aromatic rings. The molecular formula is C20H20F3N3O. The van der Waals surface area contributed by atoms with E-state index in [9.17, 15) is 18.0 Å². The largest absolute Gasteiger partial charge is 0.416 e.